The maximum atomic E-state index is 12.5. The van der Waals surface area contributed by atoms with Gasteiger partial charge in [-0.15, -0.1) is 0 Å². The van der Waals surface area contributed by atoms with Gasteiger partial charge >= 0.3 is 18.2 Å². The molecule has 0 N–H and O–H groups in total. The normalized spacial score (nSPS) is 20.9. The molecule has 2 unspecified atom stereocenters. The highest BCUT2D eigenvalue weighted by atomic mass is 16.6. The van der Waals surface area contributed by atoms with E-state index in [9.17, 15) is 9.59 Å². The molecule has 3 heterocycles. The Labute approximate surface area is 201 Å². The Morgan fingerprint density at radius 3 is 1.88 bits per heavy atom. The van der Waals surface area contributed by atoms with E-state index in [2.05, 4.69) is 9.97 Å². The summed E-state index contributed by atoms with van der Waals surface area (Å²) in [6.45, 7) is 13.0. The summed E-state index contributed by atoms with van der Waals surface area (Å²) in [4.78, 5) is 36.8. The van der Waals surface area contributed by atoms with E-state index >= 15 is 0 Å². The lowest BCUT2D eigenvalue weighted by atomic mass is 10.2. The third-order valence-electron chi connectivity index (χ3n) is 5.45. The smallest absolute Gasteiger partial charge is 0.410 e. The molecule has 10 nitrogen and oxygen atoms in total. The summed E-state index contributed by atoms with van der Waals surface area (Å²) in [5.41, 5.74) is -1.08. The maximum Gasteiger partial charge on any atom is 0.410 e. The molecule has 34 heavy (non-hydrogen) atoms. The van der Waals surface area contributed by atoms with Crippen LogP contribution in [0.4, 0.5) is 9.59 Å². The van der Waals surface area contributed by atoms with Gasteiger partial charge < -0.3 is 28.7 Å². The zero-order valence-electron chi connectivity index (χ0n) is 21.2. The van der Waals surface area contributed by atoms with Crippen molar-refractivity contribution >= 4 is 12.2 Å². The number of likely N-dealkylation sites (tertiary alicyclic amines) is 2. The lowest BCUT2D eigenvalue weighted by molar-refractivity contribution is 0.0179. The van der Waals surface area contributed by atoms with Crippen LogP contribution in [-0.2, 0) is 9.47 Å². The van der Waals surface area contributed by atoms with Crippen molar-refractivity contribution in [3.8, 4) is 11.9 Å². The molecular formula is C24H38N4O6. The largest absolute Gasteiger partial charge is 0.475 e. The van der Waals surface area contributed by atoms with Crippen molar-refractivity contribution in [3.05, 3.63) is 12.3 Å². The van der Waals surface area contributed by atoms with Gasteiger partial charge in [-0.05, 0) is 67.2 Å². The Hall–Kier alpha value is -2.78. The molecule has 1 aromatic heterocycles. The molecule has 0 aliphatic carbocycles. The molecule has 0 spiro atoms. The van der Waals surface area contributed by atoms with E-state index in [-0.39, 0.29) is 36.9 Å². The molecular weight excluding hydrogens is 440 g/mol. The van der Waals surface area contributed by atoms with Gasteiger partial charge in [0, 0.05) is 25.4 Å². The number of rotatable bonds is 6. The molecule has 2 aliphatic rings. The van der Waals surface area contributed by atoms with E-state index in [1.165, 1.54) is 0 Å². The summed E-state index contributed by atoms with van der Waals surface area (Å²) < 4.78 is 22.7. The van der Waals surface area contributed by atoms with Crippen molar-refractivity contribution in [3.63, 3.8) is 0 Å². The van der Waals surface area contributed by atoms with Gasteiger partial charge in [-0.3, -0.25) is 0 Å². The Morgan fingerprint density at radius 1 is 0.882 bits per heavy atom. The van der Waals surface area contributed by atoms with Crippen LogP contribution in [-0.4, -0.2) is 81.5 Å². The van der Waals surface area contributed by atoms with E-state index in [0.29, 0.717) is 25.6 Å². The highest BCUT2D eigenvalue weighted by molar-refractivity contribution is 5.69. The number of carbonyl (C=O) groups excluding carboxylic acids is 2. The zero-order chi connectivity index (χ0) is 24.9. The van der Waals surface area contributed by atoms with Crippen LogP contribution in [0.5, 0.6) is 11.9 Å². The molecule has 0 radical (unpaired) electrons. The summed E-state index contributed by atoms with van der Waals surface area (Å²) in [5, 5.41) is 0. The van der Waals surface area contributed by atoms with Gasteiger partial charge in [0.05, 0.1) is 12.1 Å². The number of carbonyl (C=O) groups is 2. The van der Waals surface area contributed by atoms with Gasteiger partial charge in [0.1, 0.15) is 24.4 Å². The molecule has 10 heteroatoms. The topological polar surface area (TPSA) is 103 Å². The predicted octanol–water partition coefficient (Wildman–Crippen LogP) is 4.03. The van der Waals surface area contributed by atoms with Gasteiger partial charge in [-0.1, -0.05) is 0 Å². The second kappa shape index (κ2) is 10.7. The number of amides is 2. The molecule has 2 amide bonds. The minimum absolute atomic E-state index is 0.0740. The van der Waals surface area contributed by atoms with E-state index < -0.39 is 11.2 Å². The Kier molecular flexibility index (Phi) is 8.09. The molecule has 0 saturated carbocycles. The number of hydrogen-bond acceptors (Lipinski definition) is 8. The van der Waals surface area contributed by atoms with Gasteiger partial charge in [-0.2, -0.15) is 4.98 Å². The summed E-state index contributed by atoms with van der Waals surface area (Å²) in [5.74, 6) is 0.372. The van der Waals surface area contributed by atoms with E-state index in [0.717, 1.165) is 25.7 Å². The summed E-state index contributed by atoms with van der Waals surface area (Å²) in [6.07, 6.45) is 4.39. The highest BCUT2D eigenvalue weighted by Gasteiger charge is 2.34. The van der Waals surface area contributed by atoms with Crippen LogP contribution >= 0.6 is 0 Å². The van der Waals surface area contributed by atoms with E-state index in [1.54, 1.807) is 22.1 Å². The van der Waals surface area contributed by atoms with Crippen LogP contribution in [0, 0.1) is 0 Å². The second-order valence-electron chi connectivity index (χ2n) is 10.7. The molecule has 0 aromatic carbocycles. The maximum absolute atomic E-state index is 12.5. The number of nitrogens with zero attached hydrogens (tertiary/aromatic N) is 4. The molecule has 2 aliphatic heterocycles. The minimum Gasteiger partial charge on any atom is -0.475 e. The van der Waals surface area contributed by atoms with Crippen LogP contribution in [0.25, 0.3) is 0 Å². The first-order valence-corrected chi connectivity index (χ1v) is 12.0. The van der Waals surface area contributed by atoms with Crippen LogP contribution in [0.15, 0.2) is 12.3 Å². The Morgan fingerprint density at radius 2 is 1.38 bits per heavy atom. The first-order chi connectivity index (χ1) is 15.9. The lowest BCUT2D eigenvalue weighted by Gasteiger charge is -2.28. The van der Waals surface area contributed by atoms with Crippen molar-refractivity contribution in [2.24, 2.45) is 0 Å². The van der Waals surface area contributed by atoms with Gasteiger partial charge in [0.2, 0.25) is 5.88 Å². The first kappa shape index (κ1) is 25.8. The van der Waals surface area contributed by atoms with Gasteiger partial charge in [-0.25, -0.2) is 14.6 Å². The molecule has 0 bridgehead atoms. The average Bonchev–Trinajstić information content (AvgIpc) is 3.38. The van der Waals surface area contributed by atoms with Crippen molar-refractivity contribution in [2.45, 2.75) is 90.5 Å². The number of aromatic nitrogens is 2. The first-order valence-electron chi connectivity index (χ1n) is 12.0. The van der Waals surface area contributed by atoms with Crippen molar-refractivity contribution in [1.82, 2.24) is 19.8 Å². The fourth-order valence-corrected chi connectivity index (χ4v) is 3.97. The quantitative estimate of drug-likeness (QED) is 0.604. The van der Waals surface area contributed by atoms with Crippen LogP contribution < -0.4 is 9.47 Å². The second-order valence-corrected chi connectivity index (χ2v) is 10.7. The summed E-state index contributed by atoms with van der Waals surface area (Å²) >= 11 is 0. The monoisotopic (exact) mass is 478 g/mol. The van der Waals surface area contributed by atoms with Crippen molar-refractivity contribution < 1.29 is 28.5 Å². The molecule has 190 valence electrons. The molecule has 3 rings (SSSR count). The van der Waals surface area contributed by atoms with E-state index in [1.807, 2.05) is 41.5 Å². The van der Waals surface area contributed by atoms with Crippen molar-refractivity contribution in [1.29, 1.82) is 0 Å². The number of hydrogen-bond donors (Lipinski definition) is 0. The summed E-state index contributed by atoms with van der Waals surface area (Å²) in [7, 11) is 0. The third kappa shape index (κ3) is 7.63. The van der Waals surface area contributed by atoms with Gasteiger partial charge in [0.25, 0.3) is 0 Å². The van der Waals surface area contributed by atoms with Crippen LogP contribution in [0.2, 0.25) is 0 Å². The molecule has 2 saturated heterocycles. The zero-order valence-corrected chi connectivity index (χ0v) is 21.2. The fourth-order valence-electron chi connectivity index (χ4n) is 3.97. The summed E-state index contributed by atoms with van der Waals surface area (Å²) in [6, 6.07) is 1.67. The highest BCUT2D eigenvalue weighted by Crippen LogP contribution is 2.23. The lowest BCUT2D eigenvalue weighted by Crippen LogP contribution is -2.42. The Bertz CT molecular complexity index is 785. The standard InChI is InChI=1S/C24H38N4O6/c1-23(2,3)33-21(29)27-13-7-9-17(27)15-31-19-11-12-25-20(26-19)32-16-18-10-8-14-28(18)22(30)34-24(4,5)6/h11-12,17-18H,7-10,13-16H2,1-6H3. The SMILES string of the molecule is CC(C)(C)OC(=O)N1CCCC1COc1ccnc(OCC2CCCN2C(=O)OC(C)(C)C)n1. The van der Waals surface area contributed by atoms with Crippen molar-refractivity contribution in [2.75, 3.05) is 26.3 Å². The predicted molar refractivity (Wildman–Crippen MR) is 125 cm³/mol. The van der Waals surface area contributed by atoms with Gasteiger partial charge in [0.15, 0.2) is 0 Å². The Balaban J connectivity index is 1.51. The fraction of sp³-hybridized carbons (Fsp3) is 0.750. The van der Waals surface area contributed by atoms with E-state index in [4.69, 9.17) is 18.9 Å². The van der Waals surface area contributed by atoms with Crippen LogP contribution in [0.1, 0.15) is 67.2 Å². The third-order valence-corrected chi connectivity index (χ3v) is 5.45. The molecule has 1 aromatic rings. The number of ether oxygens (including phenoxy) is 4. The minimum atomic E-state index is -0.543. The molecule has 2 atom stereocenters. The molecule has 2 fully saturated rings. The van der Waals surface area contributed by atoms with Crippen LogP contribution in [0.3, 0.4) is 0 Å². The average molecular weight is 479 g/mol.